The highest BCUT2D eigenvalue weighted by molar-refractivity contribution is 5.67. The van der Waals surface area contributed by atoms with Crippen LogP contribution in [0.2, 0.25) is 0 Å². The summed E-state index contributed by atoms with van der Waals surface area (Å²) in [5, 5.41) is 8.84. The normalized spacial score (nSPS) is 21.1. The zero-order valence-corrected chi connectivity index (χ0v) is 10.9. The van der Waals surface area contributed by atoms with Gasteiger partial charge in [0, 0.05) is 38.4 Å². The lowest BCUT2D eigenvalue weighted by molar-refractivity contribution is -0.138. The minimum absolute atomic E-state index is 0.306. The number of carboxylic acid groups (broad SMARTS) is 1. The first kappa shape index (κ1) is 13.1. The van der Waals surface area contributed by atoms with Crippen molar-refractivity contribution in [2.45, 2.75) is 32.7 Å². The summed E-state index contributed by atoms with van der Waals surface area (Å²) in [5.41, 5.74) is 0. The van der Waals surface area contributed by atoms with Crippen molar-refractivity contribution in [3.63, 3.8) is 0 Å². The third-order valence-corrected chi connectivity index (χ3v) is 3.65. The molecule has 1 aromatic heterocycles. The van der Waals surface area contributed by atoms with Crippen molar-refractivity contribution in [3.8, 4) is 0 Å². The molecule has 1 atom stereocenters. The van der Waals surface area contributed by atoms with E-state index in [1.165, 1.54) is 0 Å². The number of aliphatic carboxylic acids is 1. The van der Waals surface area contributed by atoms with E-state index in [1.807, 2.05) is 19.3 Å². The molecular weight excluding hydrogens is 230 g/mol. The zero-order chi connectivity index (χ0) is 13.0. The summed E-state index contributed by atoms with van der Waals surface area (Å²) in [6.07, 6.45) is 6.28. The Bertz CT molecular complexity index is 403. The number of aromatic nitrogens is 2. The van der Waals surface area contributed by atoms with Gasteiger partial charge in [-0.25, -0.2) is 4.98 Å². The van der Waals surface area contributed by atoms with Gasteiger partial charge in [-0.05, 0) is 32.2 Å². The smallest absolute Gasteiger partial charge is 0.303 e. The molecule has 0 aliphatic carbocycles. The van der Waals surface area contributed by atoms with Gasteiger partial charge in [0.15, 0.2) is 0 Å². The Hall–Kier alpha value is -1.36. The summed E-state index contributed by atoms with van der Waals surface area (Å²) in [5.74, 6) is 0.682. The zero-order valence-electron chi connectivity index (χ0n) is 10.9. The monoisotopic (exact) mass is 251 g/mol. The molecule has 1 saturated heterocycles. The fourth-order valence-electron chi connectivity index (χ4n) is 2.66. The summed E-state index contributed by atoms with van der Waals surface area (Å²) in [7, 11) is 0. The molecule has 1 aliphatic rings. The minimum Gasteiger partial charge on any atom is -0.481 e. The molecule has 2 rings (SSSR count). The van der Waals surface area contributed by atoms with Crippen molar-refractivity contribution in [3.05, 3.63) is 18.2 Å². The maximum Gasteiger partial charge on any atom is 0.303 e. The van der Waals surface area contributed by atoms with Crippen LogP contribution in [0.25, 0.3) is 0 Å². The van der Waals surface area contributed by atoms with E-state index in [9.17, 15) is 4.79 Å². The third-order valence-electron chi connectivity index (χ3n) is 3.65. The van der Waals surface area contributed by atoms with Crippen molar-refractivity contribution in [2.75, 3.05) is 19.6 Å². The van der Waals surface area contributed by atoms with Crippen molar-refractivity contribution in [2.24, 2.45) is 5.92 Å². The second-order valence-corrected chi connectivity index (χ2v) is 5.07. The number of nitrogens with zero attached hydrogens (tertiary/aromatic N) is 3. The molecular formula is C13H21N3O2. The van der Waals surface area contributed by atoms with Crippen LogP contribution in [0.15, 0.2) is 12.4 Å². The number of hydrogen-bond acceptors (Lipinski definition) is 3. The number of hydrogen-bond donors (Lipinski definition) is 1. The molecule has 0 spiro atoms. The van der Waals surface area contributed by atoms with Crippen LogP contribution in [0.3, 0.4) is 0 Å². The Balaban J connectivity index is 1.79. The van der Waals surface area contributed by atoms with Gasteiger partial charge in [0.25, 0.3) is 0 Å². The van der Waals surface area contributed by atoms with Crippen LogP contribution >= 0.6 is 0 Å². The number of aryl methyl sites for hydroxylation is 1. The highest BCUT2D eigenvalue weighted by atomic mass is 16.4. The Labute approximate surface area is 107 Å². The molecule has 1 aliphatic heterocycles. The third kappa shape index (κ3) is 3.57. The summed E-state index contributed by atoms with van der Waals surface area (Å²) >= 11 is 0. The van der Waals surface area contributed by atoms with Gasteiger partial charge in [-0.1, -0.05) is 0 Å². The number of likely N-dealkylation sites (tertiary alicyclic amines) is 1. The first-order valence-corrected chi connectivity index (χ1v) is 6.57. The average molecular weight is 251 g/mol. The maximum absolute atomic E-state index is 10.7. The van der Waals surface area contributed by atoms with Gasteiger partial charge < -0.3 is 14.6 Å². The second kappa shape index (κ2) is 6.00. The van der Waals surface area contributed by atoms with Gasteiger partial charge in [-0.3, -0.25) is 4.79 Å². The second-order valence-electron chi connectivity index (χ2n) is 5.07. The van der Waals surface area contributed by atoms with Gasteiger partial charge in [0.05, 0.1) is 0 Å². The van der Waals surface area contributed by atoms with E-state index in [4.69, 9.17) is 5.11 Å². The predicted octanol–water partition coefficient (Wildman–Crippen LogP) is 1.38. The fourth-order valence-corrected chi connectivity index (χ4v) is 2.66. The maximum atomic E-state index is 10.7. The van der Waals surface area contributed by atoms with E-state index in [1.54, 1.807) is 0 Å². The number of carboxylic acids is 1. The highest BCUT2D eigenvalue weighted by Crippen LogP contribution is 2.19. The molecule has 0 aromatic carbocycles. The Kier molecular flexibility index (Phi) is 4.36. The molecule has 18 heavy (non-hydrogen) atoms. The lowest BCUT2D eigenvalue weighted by atomic mass is 9.95. The molecule has 1 fully saturated rings. The van der Waals surface area contributed by atoms with Gasteiger partial charge in [0.1, 0.15) is 5.82 Å². The van der Waals surface area contributed by atoms with E-state index in [-0.39, 0.29) is 0 Å². The first-order chi connectivity index (χ1) is 8.65. The Morgan fingerprint density at radius 2 is 2.39 bits per heavy atom. The van der Waals surface area contributed by atoms with Crippen LogP contribution in [0.5, 0.6) is 0 Å². The van der Waals surface area contributed by atoms with Crippen LogP contribution < -0.4 is 0 Å². The predicted molar refractivity (Wildman–Crippen MR) is 68.4 cm³/mol. The van der Waals surface area contributed by atoms with Crippen molar-refractivity contribution in [1.82, 2.24) is 14.5 Å². The van der Waals surface area contributed by atoms with Crippen LogP contribution in [0.4, 0.5) is 0 Å². The quantitative estimate of drug-likeness (QED) is 0.859. The van der Waals surface area contributed by atoms with E-state index in [0.717, 1.165) is 44.8 Å². The summed E-state index contributed by atoms with van der Waals surface area (Å²) in [6.45, 7) is 5.92. The van der Waals surface area contributed by atoms with Crippen LogP contribution in [-0.4, -0.2) is 45.2 Å². The molecule has 1 N–H and O–H groups in total. The van der Waals surface area contributed by atoms with Crippen molar-refractivity contribution in [1.29, 1.82) is 0 Å². The molecule has 0 bridgehead atoms. The molecule has 5 nitrogen and oxygen atoms in total. The SMILES string of the molecule is Cc1nccn1CCN1CCCC(CC(=O)O)C1. The van der Waals surface area contributed by atoms with E-state index < -0.39 is 5.97 Å². The number of carbonyl (C=O) groups is 1. The minimum atomic E-state index is -0.674. The van der Waals surface area contributed by atoms with Gasteiger partial charge in [-0.2, -0.15) is 0 Å². The lowest BCUT2D eigenvalue weighted by Gasteiger charge is -2.32. The van der Waals surface area contributed by atoms with Gasteiger partial charge in [-0.15, -0.1) is 0 Å². The molecule has 5 heteroatoms. The van der Waals surface area contributed by atoms with Gasteiger partial charge in [0.2, 0.25) is 0 Å². The Morgan fingerprint density at radius 1 is 1.56 bits per heavy atom. The fraction of sp³-hybridized carbons (Fsp3) is 0.692. The number of imidazole rings is 1. The molecule has 2 heterocycles. The largest absolute Gasteiger partial charge is 0.481 e. The standard InChI is InChI=1S/C13H21N3O2/c1-11-14-4-6-16(11)8-7-15-5-2-3-12(10-15)9-13(17)18/h4,6,12H,2-3,5,7-10H2,1H3,(H,17,18). The van der Waals surface area contributed by atoms with E-state index in [2.05, 4.69) is 14.5 Å². The van der Waals surface area contributed by atoms with Gasteiger partial charge >= 0.3 is 5.97 Å². The summed E-state index contributed by atoms with van der Waals surface area (Å²) in [6, 6.07) is 0. The number of piperidine rings is 1. The van der Waals surface area contributed by atoms with E-state index in [0.29, 0.717) is 12.3 Å². The highest BCUT2D eigenvalue weighted by Gasteiger charge is 2.21. The molecule has 0 radical (unpaired) electrons. The summed E-state index contributed by atoms with van der Waals surface area (Å²) < 4.78 is 2.14. The van der Waals surface area contributed by atoms with E-state index >= 15 is 0 Å². The van der Waals surface area contributed by atoms with Crippen LogP contribution in [0, 0.1) is 12.8 Å². The molecule has 0 amide bonds. The first-order valence-electron chi connectivity index (χ1n) is 6.57. The number of rotatable bonds is 5. The van der Waals surface area contributed by atoms with Crippen molar-refractivity contribution >= 4 is 5.97 Å². The topological polar surface area (TPSA) is 58.4 Å². The van der Waals surface area contributed by atoms with Crippen LogP contribution in [-0.2, 0) is 11.3 Å². The van der Waals surface area contributed by atoms with Crippen LogP contribution in [0.1, 0.15) is 25.1 Å². The molecule has 100 valence electrons. The average Bonchev–Trinajstić information content (AvgIpc) is 2.72. The summed E-state index contributed by atoms with van der Waals surface area (Å²) in [4.78, 5) is 17.3. The molecule has 1 unspecified atom stereocenters. The van der Waals surface area contributed by atoms with Crippen molar-refractivity contribution < 1.29 is 9.90 Å². The Morgan fingerprint density at radius 3 is 3.06 bits per heavy atom. The lowest BCUT2D eigenvalue weighted by Crippen LogP contribution is -2.38. The molecule has 1 aromatic rings. The molecule has 0 saturated carbocycles.